The summed E-state index contributed by atoms with van der Waals surface area (Å²) >= 11 is 3.57. The molecule has 0 unspecified atom stereocenters. The number of carboxylic acids is 1. The van der Waals surface area contributed by atoms with Gasteiger partial charge in [-0.2, -0.15) is 0 Å². The van der Waals surface area contributed by atoms with Crippen LogP contribution in [0.3, 0.4) is 0 Å². The number of methoxy groups -OCH3 is 1. The van der Waals surface area contributed by atoms with Crippen molar-refractivity contribution in [3.63, 3.8) is 0 Å². The molecule has 19 heavy (non-hydrogen) atoms. The summed E-state index contributed by atoms with van der Waals surface area (Å²) in [4.78, 5) is 11.0. The third kappa shape index (κ3) is 3.72. The first-order valence-corrected chi connectivity index (χ1v) is 7.08. The predicted octanol–water partition coefficient (Wildman–Crippen LogP) is 4.33. The Labute approximate surface area is 123 Å². The molecule has 0 spiro atoms. The number of carboxylic acid groups (broad SMARTS) is 1. The first kappa shape index (κ1) is 16.0. The Kier molecular flexibility index (Phi) is 5.02. The first-order valence-electron chi connectivity index (χ1n) is 6.28. The third-order valence-electron chi connectivity index (χ3n) is 3.26. The molecular formula is C15H21BrO3. The largest absolute Gasteiger partial charge is 0.496 e. The van der Waals surface area contributed by atoms with Gasteiger partial charge in [-0.15, -0.1) is 0 Å². The minimum absolute atomic E-state index is 0.0663. The zero-order chi connectivity index (χ0) is 14.8. The molecule has 0 aromatic heterocycles. The zero-order valence-corrected chi connectivity index (χ0v) is 13.7. The van der Waals surface area contributed by atoms with Crippen LogP contribution in [-0.2, 0) is 10.2 Å². The van der Waals surface area contributed by atoms with Gasteiger partial charge >= 0.3 is 5.97 Å². The maximum atomic E-state index is 11.0. The highest BCUT2D eigenvalue weighted by Gasteiger charge is 2.28. The van der Waals surface area contributed by atoms with E-state index in [4.69, 9.17) is 9.84 Å². The normalized spacial score (nSPS) is 11.7. The van der Waals surface area contributed by atoms with Gasteiger partial charge in [-0.25, -0.2) is 0 Å². The molecule has 0 atom stereocenters. The van der Waals surface area contributed by atoms with E-state index in [-0.39, 0.29) is 6.42 Å². The van der Waals surface area contributed by atoms with Gasteiger partial charge in [-0.05, 0) is 23.6 Å². The Bertz CT molecular complexity index is 479. The average molecular weight is 329 g/mol. The van der Waals surface area contributed by atoms with Crippen LogP contribution in [0.4, 0.5) is 0 Å². The van der Waals surface area contributed by atoms with Crippen molar-refractivity contribution in [2.45, 2.75) is 45.4 Å². The van der Waals surface area contributed by atoms with E-state index < -0.39 is 11.4 Å². The lowest BCUT2D eigenvalue weighted by atomic mass is 9.80. The van der Waals surface area contributed by atoms with Gasteiger partial charge in [0, 0.05) is 15.5 Å². The number of benzene rings is 1. The first-order chi connectivity index (χ1) is 8.69. The van der Waals surface area contributed by atoms with Crippen molar-refractivity contribution < 1.29 is 14.6 Å². The molecule has 1 rings (SSSR count). The minimum Gasteiger partial charge on any atom is -0.496 e. The highest BCUT2D eigenvalue weighted by Crippen LogP contribution is 2.39. The van der Waals surface area contributed by atoms with Gasteiger partial charge in [0.2, 0.25) is 0 Å². The molecule has 0 aliphatic rings. The van der Waals surface area contributed by atoms with Gasteiger partial charge in [0.25, 0.3) is 0 Å². The Hall–Kier alpha value is -1.03. The lowest BCUT2D eigenvalue weighted by Crippen LogP contribution is -2.22. The molecule has 1 aromatic carbocycles. The Morgan fingerprint density at radius 3 is 2.42 bits per heavy atom. The van der Waals surface area contributed by atoms with Crippen LogP contribution in [0.1, 0.15) is 51.2 Å². The smallest absolute Gasteiger partial charge is 0.304 e. The molecule has 0 bridgehead atoms. The van der Waals surface area contributed by atoms with Crippen LogP contribution < -0.4 is 4.74 Å². The maximum absolute atomic E-state index is 11.0. The van der Waals surface area contributed by atoms with Gasteiger partial charge in [0.15, 0.2) is 0 Å². The van der Waals surface area contributed by atoms with Gasteiger partial charge in [0.05, 0.1) is 13.5 Å². The lowest BCUT2D eigenvalue weighted by molar-refractivity contribution is -0.138. The minimum atomic E-state index is -0.809. The van der Waals surface area contributed by atoms with E-state index in [1.54, 1.807) is 7.11 Å². The molecule has 1 N–H and O–H groups in total. The number of hydrogen-bond donors (Lipinski definition) is 1. The van der Waals surface area contributed by atoms with Gasteiger partial charge in [-0.1, -0.05) is 43.6 Å². The summed E-state index contributed by atoms with van der Waals surface area (Å²) in [6.45, 7) is 8.06. The van der Waals surface area contributed by atoms with Crippen molar-refractivity contribution in [3.8, 4) is 5.75 Å². The number of ether oxygens (including phenoxy) is 1. The molecule has 0 radical (unpaired) electrons. The Morgan fingerprint density at radius 1 is 1.42 bits per heavy atom. The molecular weight excluding hydrogens is 308 g/mol. The molecule has 0 saturated heterocycles. The van der Waals surface area contributed by atoms with Crippen LogP contribution in [0.25, 0.3) is 0 Å². The molecule has 106 valence electrons. The van der Waals surface area contributed by atoms with Crippen molar-refractivity contribution in [2.75, 3.05) is 7.11 Å². The van der Waals surface area contributed by atoms with E-state index in [9.17, 15) is 4.79 Å². The second-order valence-electron chi connectivity index (χ2n) is 5.68. The number of rotatable bonds is 5. The molecule has 0 fully saturated rings. The standard InChI is InChI=1S/C15H21BrO3/c1-9(2)10-6-13(19-5)11(7-12(10)16)15(3,4)8-14(17)18/h6-7,9H,8H2,1-5H3,(H,17,18). The summed E-state index contributed by atoms with van der Waals surface area (Å²) in [5, 5.41) is 9.03. The molecule has 3 nitrogen and oxygen atoms in total. The van der Waals surface area contributed by atoms with Crippen molar-refractivity contribution >= 4 is 21.9 Å². The van der Waals surface area contributed by atoms with E-state index in [1.165, 1.54) is 0 Å². The van der Waals surface area contributed by atoms with E-state index in [1.807, 2.05) is 26.0 Å². The predicted molar refractivity (Wildman–Crippen MR) is 80.1 cm³/mol. The maximum Gasteiger partial charge on any atom is 0.304 e. The monoisotopic (exact) mass is 328 g/mol. The van der Waals surface area contributed by atoms with Crippen molar-refractivity contribution in [1.82, 2.24) is 0 Å². The average Bonchev–Trinajstić information content (AvgIpc) is 2.26. The third-order valence-corrected chi connectivity index (χ3v) is 3.95. The summed E-state index contributed by atoms with van der Waals surface area (Å²) in [6.07, 6.45) is 0.0663. The second-order valence-corrected chi connectivity index (χ2v) is 6.54. The molecule has 0 aliphatic heterocycles. The quantitative estimate of drug-likeness (QED) is 0.874. The molecule has 0 amide bonds. The highest BCUT2D eigenvalue weighted by molar-refractivity contribution is 9.10. The summed E-state index contributed by atoms with van der Waals surface area (Å²) in [7, 11) is 1.62. The summed E-state index contributed by atoms with van der Waals surface area (Å²) < 4.78 is 6.44. The number of carbonyl (C=O) groups is 1. The fraction of sp³-hybridized carbons (Fsp3) is 0.533. The van der Waals surface area contributed by atoms with Crippen LogP contribution in [0.2, 0.25) is 0 Å². The summed E-state index contributed by atoms with van der Waals surface area (Å²) in [5.41, 5.74) is 1.59. The fourth-order valence-electron chi connectivity index (χ4n) is 2.18. The van der Waals surface area contributed by atoms with Crippen LogP contribution in [-0.4, -0.2) is 18.2 Å². The van der Waals surface area contributed by atoms with Crippen LogP contribution in [0, 0.1) is 0 Å². The van der Waals surface area contributed by atoms with Gasteiger partial charge in [-0.3, -0.25) is 4.79 Å². The van der Waals surface area contributed by atoms with E-state index in [0.29, 0.717) is 5.92 Å². The second kappa shape index (κ2) is 5.95. The van der Waals surface area contributed by atoms with Crippen LogP contribution in [0.15, 0.2) is 16.6 Å². The van der Waals surface area contributed by atoms with Gasteiger partial charge < -0.3 is 9.84 Å². The summed E-state index contributed by atoms with van der Waals surface area (Å²) in [5.74, 6) is 0.314. The Balaban J connectivity index is 3.35. The Morgan fingerprint density at radius 2 is 2.00 bits per heavy atom. The van der Waals surface area contributed by atoms with Crippen molar-refractivity contribution in [1.29, 1.82) is 0 Å². The van der Waals surface area contributed by atoms with Crippen LogP contribution in [0.5, 0.6) is 5.75 Å². The van der Waals surface area contributed by atoms with Crippen molar-refractivity contribution in [3.05, 3.63) is 27.7 Å². The van der Waals surface area contributed by atoms with Crippen molar-refractivity contribution in [2.24, 2.45) is 0 Å². The van der Waals surface area contributed by atoms with E-state index in [0.717, 1.165) is 21.3 Å². The fourth-order valence-corrected chi connectivity index (χ4v) is 2.98. The number of hydrogen-bond acceptors (Lipinski definition) is 2. The SMILES string of the molecule is COc1cc(C(C)C)c(Br)cc1C(C)(C)CC(=O)O. The summed E-state index contributed by atoms with van der Waals surface area (Å²) in [6, 6.07) is 3.98. The van der Waals surface area contributed by atoms with E-state index in [2.05, 4.69) is 29.8 Å². The zero-order valence-electron chi connectivity index (χ0n) is 12.1. The molecule has 1 aromatic rings. The molecule has 4 heteroatoms. The molecule has 0 heterocycles. The highest BCUT2D eigenvalue weighted by atomic mass is 79.9. The van der Waals surface area contributed by atoms with Crippen LogP contribution >= 0.6 is 15.9 Å². The molecule has 0 saturated carbocycles. The number of aliphatic carboxylic acids is 1. The number of halogens is 1. The van der Waals surface area contributed by atoms with E-state index >= 15 is 0 Å². The topological polar surface area (TPSA) is 46.5 Å². The lowest BCUT2D eigenvalue weighted by Gasteiger charge is -2.27. The molecule has 0 aliphatic carbocycles. The van der Waals surface area contributed by atoms with Gasteiger partial charge in [0.1, 0.15) is 5.75 Å².